The topological polar surface area (TPSA) is 89.9 Å². The van der Waals surface area contributed by atoms with E-state index in [0.29, 0.717) is 11.1 Å². The third-order valence-corrected chi connectivity index (χ3v) is 2.90. The molecule has 0 radical (unpaired) electrons. The number of carbonyl (C=O) groups excluding carboxylic acids is 2. The Morgan fingerprint density at radius 3 is 1.59 bits per heavy atom. The minimum Gasteiger partial charge on any atom is -0.478 e. The fourth-order valence-corrected chi connectivity index (χ4v) is 1.90. The van der Waals surface area contributed by atoms with Crippen molar-refractivity contribution in [2.45, 2.75) is 52.7 Å². The lowest BCUT2D eigenvalue weighted by Gasteiger charge is -2.23. The Kier molecular flexibility index (Phi) is 7.11. The van der Waals surface area contributed by atoms with Gasteiger partial charge in [-0.1, -0.05) is 24.3 Å². The maximum absolute atomic E-state index is 12.5. The van der Waals surface area contributed by atoms with Crippen molar-refractivity contribution >= 4 is 30.1 Å². The second-order valence-electron chi connectivity index (χ2n) is 7.90. The van der Waals surface area contributed by atoms with E-state index in [-0.39, 0.29) is 5.57 Å². The van der Waals surface area contributed by atoms with Crippen LogP contribution in [0.2, 0.25) is 0 Å². The zero-order valence-corrected chi connectivity index (χ0v) is 16.5. The van der Waals surface area contributed by atoms with Crippen molar-refractivity contribution in [3.63, 3.8) is 0 Å². The number of carbonyl (C=O) groups is 3. The van der Waals surface area contributed by atoms with Crippen molar-refractivity contribution in [3.05, 3.63) is 47.0 Å². The van der Waals surface area contributed by atoms with Gasteiger partial charge >= 0.3 is 17.9 Å². The molecule has 0 fully saturated rings. The molecule has 1 N–H and O–H groups in total. The van der Waals surface area contributed by atoms with Crippen LogP contribution in [0, 0.1) is 0 Å². The van der Waals surface area contributed by atoms with Crippen LogP contribution in [0.5, 0.6) is 0 Å². The van der Waals surface area contributed by atoms with Crippen LogP contribution in [-0.2, 0) is 23.9 Å². The molecule has 0 saturated carbocycles. The number of esters is 2. The summed E-state index contributed by atoms with van der Waals surface area (Å²) in [5, 5.41) is 8.66. The van der Waals surface area contributed by atoms with E-state index in [0.717, 1.165) is 6.08 Å². The number of aliphatic carboxylic acids is 1. The van der Waals surface area contributed by atoms with Gasteiger partial charge in [0, 0.05) is 6.08 Å². The third-order valence-electron chi connectivity index (χ3n) is 2.90. The highest BCUT2D eigenvalue weighted by Gasteiger charge is 2.28. The molecular formula is C21H26O6. The summed E-state index contributed by atoms with van der Waals surface area (Å²) in [7, 11) is 0. The highest BCUT2D eigenvalue weighted by Crippen LogP contribution is 2.19. The minimum absolute atomic E-state index is 0.214. The fourth-order valence-electron chi connectivity index (χ4n) is 1.90. The Hall–Kier alpha value is -2.89. The molecule has 0 atom stereocenters. The molecule has 0 bridgehead atoms. The molecular weight excluding hydrogens is 348 g/mol. The van der Waals surface area contributed by atoms with Crippen LogP contribution in [-0.4, -0.2) is 34.2 Å². The molecule has 0 heterocycles. The number of ether oxygens (including phenoxy) is 2. The van der Waals surface area contributed by atoms with Crippen molar-refractivity contribution in [2.24, 2.45) is 0 Å². The van der Waals surface area contributed by atoms with Crippen LogP contribution in [0.3, 0.4) is 0 Å². The predicted molar refractivity (Wildman–Crippen MR) is 103 cm³/mol. The van der Waals surface area contributed by atoms with Crippen LogP contribution in [0.25, 0.3) is 12.2 Å². The van der Waals surface area contributed by atoms with Crippen molar-refractivity contribution in [1.82, 2.24) is 0 Å². The summed E-state index contributed by atoms with van der Waals surface area (Å²) in [5.41, 5.74) is -0.485. The lowest BCUT2D eigenvalue weighted by molar-refractivity contribution is -0.158. The van der Waals surface area contributed by atoms with Gasteiger partial charge in [0.15, 0.2) is 0 Å². The van der Waals surface area contributed by atoms with E-state index in [1.54, 1.807) is 65.8 Å². The van der Waals surface area contributed by atoms with Crippen LogP contribution < -0.4 is 0 Å². The molecule has 0 aliphatic rings. The summed E-state index contributed by atoms with van der Waals surface area (Å²) in [5.74, 6) is -2.59. The van der Waals surface area contributed by atoms with Gasteiger partial charge in [-0.25, -0.2) is 14.4 Å². The van der Waals surface area contributed by atoms with Gasteiger partial charge in [-0.2, -0.15) is 0 Å². The summed E-state index contributed by atoms with van der Waals surface area (Å²) in [6.07, 6.45) is 3.86. The average molecular weight is 374 g/mol. The highest BCUT2D eigenvalue weighted by atomic mass is 16.6. The second kappa shape index (κ2) is 8.66. The summed E-state index contributed by atoms with van der Waals surface area (Å²) < 4.78 is 10.6. The predicted octanol–water partition coefficient (Wildman–Crippen LogP) is 3.85. The van der Waals surface area contributed by atoms with E-state index in [1.165, 1.54) is 12.2 Å². The van der Waals surface area contributed by atoms with Gasteiger partial charge in [-0.15, -0.1) is 0 Å². The summed E-state index contributed by atoms with van der Waals surface area (Å²) >= 11 is 0. The molecule has 0 amide bonds. The number of hydrogen-bond acceptors (Lipinski definition) is 5. The van der Waals surface area contributed by atoms with E-state index in [1.807, 2.05) is 0 Å². The van der Waals surface area contributed by atoms with Crippen LogP contribution in [0.4, 0.5) is 0 Å². The quantitative estimate of drug-likeness (QED) is 0.364. The van der Waals surface area contributed by atoms with Gasteiger partial charge in [0.05, 0.1) is 0 Å². The smallest absolute Gasteiger partial charge is 0.346 e. The van der Waals surface area contributed by atoms with Gasteiger partial charge in [0.2, 0.25) is 0 Å². The molecule has 1 aromatic carbocycles. The van der Waals surface area contributed by atoms with Crippen molar-refractivity contribution in [1.29, 1.82) is 0 Å². The standard InChI is InChI=1S/C21H26O6/c1-20(2,3)26-18(24)16(19(25)27-21(4,5)6)13-15-9-7-14(8-10-15)11-12-17(22)23/h7-13H,1-6H3,(H,22,23)/b12-11+. The first-order chi connectivity index (χ1) is 12.3. The number of benzene rings is 1. The first kappa shape index (κ1) is 22.2. The van der Waals surface area contributed by atoms with Gasteiger partial charge in [0.25, 0.3) is 0 Å². The third kappa shape index (κ3) is 8.85. The number of rotatable bonds is 5. The maximum atomic E-state index is 12.5. The Morgan fingerprint density at radius 2 is 1.22 bits per heavy atom. The monoisotopic (exact) mass is 374 g/mol. The van der Waals surface area contributed by atoms with E-state index in [4.69, 9.17) is 14.6 Å². The molecule has 0 aliphatic heterocycles. The molecule has 0 unspecified atom stereocenters. The number of carboxylic acids is 1. The van der Waals surface area contributed by atoms with Gasteiger partial charge in [0.1, 0.15) is 16.8 Å². The van der Waals surface area contributed by atoms with Crippen molar-refractivity contribution in [2.75, 3.05) is 0 Å². The Balaban J connectivity index is 3.19. The molecule has 0 spiro atoms. The van der Waals surface area contributed by atoms with Gasteiger partial charge < -0.3 is 14.6 Å². The second-order valence-corrected chi connectivity index (χ2v) is 7.90. The molecule has 0 aliphatic carbocycles. The normalized spacial score (nSPS) is 11.8. The maximum Gasteiger partial charge on any atom is 0.346 e. The van der Waals surface area contributed by atoms with Gasteiger partial charge in [-0.05, 0) is 64.8 Å². The molecule has 6 heteroatoms. The van der Waals surface area contributed by atoms with Crippen LogP contribution >= 0.6 is 0 Å². The fraction of sp³-hybridized carbons (Fsp3) is 0.381. The zero-order chi connectivity index (χ0) is 20.8. The molecule has 0 saturated heterocycles. The van der Waals surface area contributed by atoms with Crippen molar-refractivity contribution < 1.29 is 29.0 Å². The Bertz CT molecular complexity index is 725. The van der Waals surface area contributed by atoms with Crippen LogP contribution in [0.1, 0.15) is 52.7 Å². The highest BCUT2D eigenvalue weighted by molar-refractivity contribution is 6.17. The first-order valence-corrected chi connectivity index (χ1v) is 8.46. The first-order valence-electron chi connectivity index (χ1n) is 8.46. The molecule has 0 aromatic heterocycles. The Labute approximate surface area is 159 Å². The number of hydrogen-bond donors (Lipinski definition) is 1. The summed E-state index contributed by atoms with van der Waals surface area (Å²) in [4.78, 5) is 35.5. The summed E-state index contributed by atoms with van der Waals surface area (Å²) in [6.45, 7) is 10.3. The van der Waals surface area contributed by atoms with E-state index >= 15 is 0 Å². The lowest BCUT2D eigenvalue weighted by atomic mass is 10.1. The van der Waals surface area contributed by atoms with Gasteiger partial charge in [-0.3, -0.25) is 0 Å². The van der Waals surface area contributed by atoms with Crippen molar-refractivity contribution in [3.8, 4) is 0 Å². The Morgan fingerprint density at radius 1 is 0.815 bits per heavy atom. The molecule has 1 aromatic rings. The van der Waals surface area contributed by atoms with E-state index < -0.39 is 29.1 Å². The van der Waals surface area contributed by atoms with E-state index in [9.17, 15) is 14.4 Å². The molecule has 1 rings (SSSR count). The SMILES string of the molecule is CC(C)(C)OC(=O)C(=Cc1ccc(/C=C/C(=O)O)cc1)C(=O)OC(C)(C)C. The molecule has 146 valence electrons. The average Bonchev–Trinajstić information content (AvgIpc) is 2.48. The lowest BCUT2D eigenvalue weighted by Crippen LogP contribution is -2.31. The largest absolute Gasteiger partial charge is 0.478 e. The zero-order valence-electron chi connectivity index (χ0n) is 16.5. The molecule has 6 nitrogen and oxygen atoms in total. The van der Waals surface area contributed by atoms with Crippen LogP contribution in [0.15, 0.2) is 35.9 Å². The summed E-state index contributed by atoms with van der Waals surface area (Å²) in [6, 6.07) is 6.67. The van der Waals surface area contributed by atoms with E-state index in [2.05, 4.69) is 0 Å². The molecule has 27 heavy (non-hydrogen) atoms. The minimum atomic E-state index is -1.05. The number of carboxylic acid groups (broad SMARTS) is 1.